The first-order chi connectivity index (χ1) is 9.69. The summed E-state index contributed by atoms with van der Waals surface area (Å²) in [4.78, 5) is 16.1. The van der Waals surface area contributed by atoms with Crippen LogP contribution in [-0.2, 0) is 13.0 Å². The Hall–Kier alpha value is -2.14. The van der Waals surface area contributed by atoms with Crippen molar-refractivity contribution in [3.63, 3.8) is 0 Å². The number of carbonyl (C=O) groups excluding carboxylic acids is 1. The largest absolute Gasteiger partial charge is 0.348 e. The van der Waals surface area contributed by atoms with E-state index in [9.17, 15) is 4.79 Å². The molecule has 1 heterocycles. The lowest BCUT2D eigenvalue weighted by Gasteiger charge is -2.14. The SMILES string of the molecule is CC(Cn1ccnc1)NC(=O)c1ccc(CCN)cc1. The third-order valence-electron chi connectivity index (χ3n) is 3.07. The summed E-state index contributed by atoms with van der Waals surface area (Å²) in [5, 5.41) is 2.97. The Kier molecular flexibility index (Phi) is 4.90. The first-order valence-electron chi connectivity index (χ1n) is 6.74. The summed E-state index contributed by atoms with van der Waals surface area (Å²) in [6.07, 6.45) is 6.18. The van der Waals surface area contributed by atoms with Gasteiger partial charge in [-0.15, -0.1) is 0 Å². The number of imidazole rings is 1. The van der Waals surface area contributed by atoms with Crippen LogP contribution in [0.15, 0.2) is 43.0 Å². The molecule has 106 valence electrons. The van der Waals surface area contributed by atoms with Crippen LogP contribution in [0.25, 0.3) is 0 Å². The number of benzene rings is 1. The summed E-state index contributed by atoms with van der Waals surface area (Å²) >= 11 is 0. The normalized spacial score (nSPS) is 12.1. The Balaban J connectivity index is 1.90. The zero-order chi connectivity index (χ0) is 14.4. The van der Waals surface area contributed by atoms with Crippen molar-refractivity contribution in [3.8, 4) is 0 Å². The molecular formula is C15H20N4O. The van der Waals surface area contributed by atoms with E-state index in [1.807, 2.05) is 42.0 Å². The number of hydrogen-bond donors (Lipinski definition) is 2. The Morgan fingerprint density at radius 3 is 2.75 bits per heavy atom. The summed E-state index contributed by atoms with van der Waals surface area (Å²) in [6.45, 7) is 3.30. The summed E-state index contributed by atoms with van der Waals surface area (Å²) in [5.74, 6) is -0.0584. The van der Waals surface area contributed by atoms with E-state index in [-0.39, 0.29) is 11.9 Å². The topological polar surface area (TPSA) is 72.9 Å². The average Bonchev–Trinajstić information content (AvgIpc) is 2.92. The van der Waals surface area contributed by atoms with Crippen molar-refractivity contribution in [1.82, 2.24) is 14.9 Å². The molecule has 1 amide bonds. The zero-order valence-corrected chi connectivity index (χ0v) is 11.6. The molecule has 0 aliphatic rings. The molecule has 0 saturated carbocycles. The van der Waals surface area contributed by atoms with Crippen LogP contribution in [0.5, 0.6) is 0 Å². The third-order valence-corrected chi connectivity index (χ3v) is 3.07. The molecule has 5 heteroatoms. The molecule has 3 N–H and O–H groups in total. The molecule has 20 heavy (non-hydrogen) atoms. The molecule has 5 nitrogen and oxygen atoms in total. The molecule has 1 unspecified atom stereocenters. The fraction of sp³-hybridized carbons (Fsp3) is 0.333. The van der Waals surface area contributed by atoms with Crippen LogP contribution in [0.4, 0.5) is 0 Å². The fourth-order valence-electron chi connectivity index (χ4n) is 2.05. The maximum Gasteiger partial charge on any atom is 0.251 e. The van der Waals surface area contributed by atoms with E-state index in [0.29, 0.717) is 18.7 Å². The van der Waals surface area contributed by atoms with E-state index in [1.165, 1.54) is 0 Å². The van der Waals surface area contributed by atoms with E-state index in [0.717, 1.165) is 12.0 Å². The lowest BCUT2D eigenvalue weighted by molar-refractivity contribution is 0.0936. The first-order valence-corrected chi connectivity index (χ1v) is 6.74. The fourth-order valence-corrected chi connectivity index (χ4v) is 2.05. The van der Waals surface area contributed by atoms with Crippen LogP contribution in [0.1, 0.15) is 22.8 Å². The molecule has 1 aromatic heterocycles. The predicted octanol–water partition coefficient (Wildman–Crippen LogP) is 1.20. The van der Waals surface area contributed by atoms with Gasteiger partial charge in [-0.1, -0.05) is 12.1 Å². The Morgan fingerprint density at radius 1 is 1.40 bits per heavy atom. The highest BCUT2D eigenvalue weighted by Gasteiger charge is 2.10. The van der Waals surface area contributed by atoms with Gasteiger partial charge in [-0.05, 0) is 37.6 Å². The Bertz CT molecular complexity index is 534. The molecule has 2 aromatic rings. The third kappa shape index (κ3) is 3.93. The molecule has 1 aromatic carbocycles. The van der Waals surface area contributed by atoms with Crippen LogP contribution < -0.4 is 11.1 Å². The maximum absolute atomic E-state index is 12.1. The van der Waals surface area contributed by atoms with Crippen molar-refractivity contribution in [3.05, 3.63) is 54.1 Å². The van der Waals surface area contributed by atoms with Crippen LogP contribution in [-0.4, -0.2) is 28.0 Å². The molecule has 0 aliphatic carbocycles. The molecule has 2 rings (SSSR count). The van der Waals surface area contributed by atoms with Crippen LogP contribution in [0.2, 0.25) is 0 Å². The number of amides is 1. The van der Waals surface area contributed by atoms with E-state index in [2.05, 4.69) is 10.3 Å². The predicted molar refractivity (Wildman–Crippen MR) is 78.4 cm³/mol. The van der Waals surface area contributed by atoms with Gasteiger partial charge in [-0.25, -0.2) is 4.98 Å². The van der Waals surface area contributed by atoms with E-state index in [1.54, 1.807) is 12.5 Å². The highest BCUT2D eigenvalue weighted by atomic mass is 16.1. The maximum atomic E-state index is 12.1. The summed E-state index contributed by atoms with van der Waals surface area (Å²) in [6, 6.07) is 7.61. The number of carbonyl (C=O) groups is 1. The minimum Gasteiger partial charge on any atom is -0.348 e. The van der Waals surface area contributed by atoms with Gasteiger partial charge in [0, 0.05) is 30.5 Å². The van der Waals surface area contributed by atoms with Crippen LogP contribution in [0, 0.1) is 0 Å². The molecule has 0 bridgehead atoms. The molecule has 0 aliphatic heterocycles. The number of aromatic nitrogens is 2. The van der Waals surface area contributed by atoms with Gasteiger partial charge in [0.25, 0.3) is 5.91 Å². The second-order valence-corrected chi connectivity index (χ2v) is 4.87. The molecular weight excluding hydrogens is 252 g/mol. The van der Waals surface area contributed by atoms with Gasteiger partial charge < -0.3 is 15.6 Å². The van der Waals surface area contributed by atoms with Crippen LogP contribution >= 0.6 is 0 Å². The molecule has 0 spiro atoms. The second kappa shape index (κ2) is 6.86. The van der Waals surface area contributed by atoms with Gasteiger partial charge in [0.1, 0.15) is 0 Å². The van der Waals surface area contributed by atoms with Gasteiger partial charge in [-0.2, -0.15) is 0 Å². The van der Waals surface area contributed by atoms with Crippen molar-refractivity contribution in [2.75, 3.05) is 6.54 Å². The van der Waals surface area contributed by atoms with Gasteiger partial charge >= 0.3 is 0 Å². The lowest BCUT2D eigenvalue weighted by atomic mass is 10.1. The molecule has 1 atom stereocenters. The lowest BCUT2D eigenvalue weighted by Crippen LogP contribution is -2.35. The van der Waals surface area contributed by atoms with Crippen molar-refractivity contribution in [2.45, 2.75) is 25.9 Å². The van der Waals surface area contributed by atoms with Crippen molar-refractivity contribution < 1.29 is 4.79 Å². The van der Waals surface area contributed by atoms with Crippen molar-refractivity contribution in [1.29, 1.82) is 0 Å². The quantitative estimate of drug-likeness (QED) is 0.830. The highest BCUT2D eigenvalue weighted by molar-refractivity contribution is 5.94. The average molecular weight is 272 g/mol. The molecule has 0 radical (unpaired) electrons. The molecule has 0 fully saturated rings. The number of nitrogens with two attached hydrogens (primary N) is 1. The second-order valence-electron chi connectivity index (χ2n) is 4.87. The van der Waals surface area contributed by atoms with Gasteiger partial charge in [0.05, 0.1) is 6.33 Å². The Labute approximate surface area is 118 Å². The summed E-state index contributed by atoms with van der Waals surface area (Å²) in [5.41, 5.74) is 7.32. The zero-order valence-electron chi connectivity index (χ0n) is 11.6. The first kappa shape index (κ1) is 14.3. The number of nitrogens with zero attached hydrogens (tertiary/aromatic N) is 2. The number of nitrogens with one attached hydrogen (secondary N) is 1. The number of hydrogen-bond acceptors (Lipinski definition) is 3. The Morgan fingerprint density at radius 2 is 2.15 bits per heavy atom. The smallest absolute Gasteiger partial charge is 0.251 e. The van der Waals surface area contributed by atoms with E-state index >= 15 is 0 Å². The minimum atomic E-state index is -0.0584. The van der Waals surface area contributed by atoms with Gasteiger partial charge in [0.2, 0.25) is 0 Å². The van der Waals surface area contributed by atoms with Crippen LogP contribution in [0.3, 0.4) is 0 Å². The monoisotopic (exact) mass is 272 g/mol. The van der Waals surface area contributed by atoms with Gasteiger partial charge in [0.15, 0.2) is 0 Å². The highest BCUT2D eigenvalue weighted by Crippen LogP contribution is 2.05. The minimum absolute atomic E-state index is 0.0421. The summed E-state index contributed by atoms with van der Waals surface area (Å²) < 4.78 is 1.94. The summed E-state index contributed by atoms with van der Waals surface area (Å²) in [7, 11) is 0. The van der Waals surface area contributed by atoms with Gasteiger partial charge in [-0.3, -0.25) is 4.79 Å². The van der Waals surface area contributed by atoms with E-state index < -0.39 is 0 Å². The van der Waals surface area contributed by atoms with Crippen molar-refractivity contribution in [2.24, 2.45) is 5.73 Å². The van der Waals surface area contributed by atoms with Crippen molar-refractivity contribution >= 4 is 5.91 Å². The molecule has 0 saturated heterocycles. The number of rotatable bonds is 6. The standard InChI is InChI=1S/C15H20N4O/c1-12(10-19-9-8-17-11-19)18-15(20)14-4-2-13(3-5-14)6-7-16/h2-5,8-9,11-12H,6-7,10,16H2,1H3,(H,18,20). The van der Waals surface area contributed by atoms with E-state index in [4.69, 9.17) is 5.73 Å².